The Hall–Kier alpha value is -0.750. The van der Waals surface area contributed by atoms with Crippen LogP contribution in [0.3, 0.4) is 0 Å². The van der Waals surface area contributed by atoms with Gasteiger partial charge in [0, 0.05) is 37.4 Å². The van der Waals surface area contributed by atoms with Crippen molar-refractivity contribution < 1.29 is 9.53 Å². The van der Waals surface area contributed by atoms with Crippen LogP contribution in [-0.2, 0) is 9.53 Å². The largest absolute Gasteiger partial charge is 0.367 e. The number of carbonyl (C=O) groups excluding carboxylic acids is 1. The van der Waals surface area contributed by atoms with Crippen LogP contribution in [-0.4, -0.2) is 66.7 Å². The Kier molecular flexibility index (Phi) is 4.60. The summed E-state index contributed by atoms with van der Waals surface area (Å²) >= 11 is 0. The first-order valence-corrected chi connectivity index (χ1v) is 15.9. The van der Waals surface area contributed by atoms with E-state index >= 15 is 0 Å². The highest BCUT2D eigenvalue weighted by Gasteiger charge is 2.95. The molecule has 2 spiro atoms. The van der Waals surface area contributed by atoms with Gasteiger partial charge in [0.15, 0.2) is 5.78 Å². The van der Waals surface area contributed by atoms with Crippen molar-refractivity contribution in [1.29, 1.82) is 0 Å². The molecule has 0 radical (unpaired) electrons. The van der Waals surface area contributed by atoms with E-state index in [-0.39, 0.29) is 28.2 Å². The lowest BCUT2D eigenvalue weighted by Crippen LogP contribution is -2.70. The van der Waals surface area contributed by atoms with Crippen molar-refractivity contribution >= 4 is 5.78 Å². The van der Waals surface area contributed by atoms with E-state index in [1.165, 1.54) is 44.1 Å². The van der Waals surface area contributed by atoms with Gasteiger partial charge in [-0.1, -0.05) is 33.3 Å². The third-order valence-electron chi connectivity index (χ3n) is 15.4. The fourth-order valence-electron chi connectivity index (χ4n) is 13.4. The van der Waals surface area contributed by atoms with E-state index in [1.54, 1.807) is 0 Å². The average molecular weight is 522 g/mol. The number of piperidine rings is 1. The molecule has 5 heteroatoms. The normalized spacial score (nSPS) is 60.0. The number of nitrogens with zero attached hydrogens (tertiary/aromatic N) is 2. The SMILES string of the molecule is C[C@H]1C[C@H]2O[C@]3(CC[C@@H]4C5(CC53C)C[C@@]35CC43CCC3=CC(=O)CC[C@@]35C)[C@H](C)[C@]2(N)N(CCN(C)C)C1. The number of hydrogen-bond acceptors (Lipinski definition) is 5. The first-order chi connectivity index (χ1) is 17.8. The maximum Gasteiger partial charge on any atom is 0.155 e. The Balaban J connectivity index is 1.16. The Bertz CT molecular complexity index is 1150. The minimum absolute atomic E-state index is 0.0985. The molecule has 2 aliphatic heterocycles. The topological polar surface area (TPSA) is 58.8 Å². The van der Waals surface area contributed by atoms with Crippen molar-refractivity contribution in [2.75, 3.05) is 33.7 Å². The van der Waals surface area contributed by atoms with Gasteiger partial charge in [0.25, 0.3) is 0 Å². The van der Waals surface area contributed by atoms with Crippen LogP contribution in [0.25, 0.3) is 0 Å². The molecule has 8 rings (SSSR count). The van der Waals surface area contributed by atoms with Crippen LogP contribution in [0, 0.1) is 44.8 Å². The molecule has 2 N–H and O–H groups in total. The zero-order chi connectivity index (χ0) is 26.7. The van der Waals surface area contributed by atoms with Gasteiger partial charge >= 0.3 is 0 Å². The number of hydrogen-bond donors (Lipinski definition) is 1. The molecule has 0 bridgehead atoms. The molecule has 5 nitrogen and oxygen atoms in total. The molecule has 3 unspecified atom stereocenters. The van der Waals surface area contributed by atoms with E-state index in [4.69, 9.17) is 10.5 Å². The quantitative estimate of drug-likeness (QED) is 0.567. The number of likely N-dealkylation sites (N-methyl/N-ethyl adjacent to an activating group) is 1. The van der Waals surface area contributed by atoms with Gasteiger partial charge in [0.05, 0.1) is 11.7 Å². The summed E-state index contributed by atoms with van der Waals surface area (Å²) < 4.78 is 7.48. The first kappa shape index (κ1) is 25.0. The van der Waals surface area contributed by atoms with E-state index in [9.17, 15) is 4.79 Å². The van der Waals surface area contributed by atoms with Gasteiger partial charge < -0.3 is 15.4 Å². The molecular formula is C33H51N3O2. The maximum atomic E-state index is 12.4. The highest BCUT2D eigenvalue weighted by atomic mass is 16.5. The zero-order valence-corrected chi connectivity index (χ0v) is 24.9. The Morgan fingerprint density at radius 2 is 1.84 bits per heavy atom. The minimum atomic E-state index is -0.362. The van der Waals surface area contributed by atoms with E-state index in [0.29, 0.717) is 33.9 Å². The summed E-state index contributed by atoms with van der Waals surface area (Å²) in [7, 11) is 4.35. The summed E-state index contributed by atoms with van der Waals surface area (Å²) in [5.74, 6) is 2.19. The lowest BCUT2D eigenvalue weighted by atomic mass is 9.56. The molecule has 7 fully saturated rings. The summed E-state index contributed by atoms with van der Waals surface area (Å²) in [6, 6.07) is 0. The highest BCUT2D eigenvalue weighted by Crippen LogP contribution is 2.99. The third-order valence-corrected chi connectivity index (χ3v) is 15.4. The number of likely N-dealkylation sites (tertiary alicyclic amines) is 1. The molecule has 0 amide bonds. The smallest absolute Gasteiger partial charge is 0.155 e. The number of ether oxygens (including phenoxy) is 1. The van der Waals surface area contributed by atoms with E-state index in [1.807, 2.05) is 0 Å². The van der Waals surface area contributed by atoms with Gasteiger partial charge in [-0.3, -0.25) is 9.69 Å². The van der Waals surface area contributed by atoms with Crippen molar-refractivity contribution in [1.82, 2.24) is 9.80 Å². The van der Waals surface area contributed by atoms with Crippen LogP contribution in [0.5, 0.6) is 0 Å². The molecule has 38 heavy (non-hydrogen) atoms. The van der Waals surface area contributed by atoms with Crippen molar-refractivity contribution in [3.8, 4) is 0 Å². The monoisotopic (exact) mass is 521 g/mol. The van der Waals surface area contributed by atoms with Gasteiger partial charge in [-0.05, 0) is 111 Å². The van der Waals surface area contributed by atoms with Crippen molar-refractivity contribution in [2.24, 2.45) is 50.6 Å². The van der Waals surface area contributed by atoms with E-state index in [0.717, 1.165) is 51.2 Å². The number of allylic oxidation sites excluding steroid dienone is 2. The number of rotatable bonds is 3. The second-order valence-electron chi connectivity index (χ2n) is 16.5. The van der Waals surface area contributed by atoms with Gasteiger partial charge in [0.2, 0.25) is 0 Å². The van der Waals surface area contributed by atoms with Gasteiger partial charge in [-0.25, -0.2) is 0 Å². The van der Waals surface area contributed by atoms with Crippen LogP contribution >= 0.6 is 0 Å². The van der Waals surface area contributed by atoms with Gasteiger partial charge in [-0.15, -0.1) is 0 Å². The lowest BCUT2D eigenvalue weighted by molar-refractivity contribution is -0.153. The molecule has 0 aromatic heterocycles. The predicted molar refractivity (Wildman–Crippen MR) is 149 cm³/mol. The molecule has 5 saturated carbocycles. The standard InChI is InChI=1S/C33H51N3O2/c1-21-15-26-33(34,36(17-21)14-13-35(5)6)22(2)32(38-26)12-9-25-29-11-7-23-16-24(37)8-10-27(23,3)31(29,19-29)20-30(25)18-28(30,32)4/h16,21-22,25-26H,7-15,17-20,34H2,1-6H3/t21-,22-,25-,26+,27-,28?,29?,30?,31+,32+,33-/m0/s1. The summed E-state index contributed by atoms with van der Waals surface area (Å²) in [6.45, 7) is 13.2. The fraction of sp³-hybridized carbons (Fsp3) is 0.909. The average Bonchev–Trinajstić information content (AvgIpc) is 3.65. The Morgan fingerprint density at radius 1 is 1.08 bits per heavy atom. The summed E-state index contributed by atoms with van der Waals surface area (Å²) in [5, 5.41) is 0. The molecule has 0 aromatic carbocycles. The maximum absolute atomic E-state index is 12.4. The van der Waals surface area contributed by atoms with Crippen LogP contribution < -0.4 is 5.73 Å². The molecule has 11 atom stereocenters. The Morgan fingerprint density at radius 3 is 2.61 bits per heavy atom. The van der Waals surface area contributed by atoms with Crippen molar-refractivity contribution in [3.63, 3.8) is 0 Å². The second-order valence-corrected chi connectivity index (χ2v) is 16.5. The molecule has 2 saturated heterocycles. The molecule has 0 aromatic rings. The molecule has 8 aliphatic rings. The van der Waals surface area contributed by atoms with Crippen molar-refractivity contribution in [3.05, 3.63) is 11.6 Å². The third kappa shape index (κ3) is 2.40. The fourth-order valence-corrected chi connectivity index (χ4v) is 13.4. The van der Waals surface area contributed by atoms with Crippen LogP contribution in [0.2, 0.25) is 0 Å². The number of fused-ring (bicyclic) bond motifs is 3. The molecule has 2 heterocycles. The van der Waals surface area contributed by atoms with Crippen LogP contribution in [0.4, 0.5) is 0 Å². The Labute approximate surface area is 230 Å². The van der Waals surface area contributed by atoms with Crippen LogP contribution in [0.15, 0.2) is 11.6 Å². The number of carbonyl (C=O) groups is 1. The summed E-state index contributed by atoms with van der Waals surface area (Å²) in [4.78, 5) is 17.4. The molecule has 6 aliphatic carbocycles. The van der Waals surface area contributed by atoms with Gasteiger partial charge in [-0.2, -0.15) is 0 Å². The van der Waals surface area contributed by atoms with E-state index in [2.05, 4.69) is 57.7 Å². The highest BCUT2D eigenvalue weighted by molar-refractivity contribution is 5.92. The van der Waals surface area contributed by atoms with Crippen molar-refractivity contribution in [2.45, 2.75) is 109 Å². The van der Waals surface area contributed by atoms with Gasteiger partial charge in [0.1, 0.15) is 5.66 Å². The predicted octanol–water partition coefficient (Wildman–Crippen LogP) is 4.99. The molecule has 210 valence electrons. The summed E-state index contributed by atoms with van der Waals surface area (Å²) in [5.41, 5.74) is 10.5. The number of ketones is 1. The van der Waals surface area contributed by atoms with Crippen LogP contribution in [0.1, 0.15) is 91.9 Å². The molecular weight excluding hydrogens is 470 g/mol. The minimum Gasteiger partial charge on any atom is -0.367 e. The lowest BCUT2D eigenvalue weighted by Gasteiger charge is -2.52. The number of nitrogens with two attached hydrogens (primary N) is 1. The summed E-state index contributed by atoms with van der Waals surface area (Å²) in [6.07, 6.45) is 14.3. The first-order valence-electron chi connectivity index (χ1n) is 15.9. The second kappa shape index (κ2) is 6.99. The zero-order valence-electron chi connectivity index (χ0n) is 24.9. The van der Waals surface area contributed by atoms with E-state index < -0.39 is 0 Å².